The molecule has 0 fully saturated rings. The summed E-state index contributed by atoms with van der Waals surface area (Å²) in [5.74, 6) is -0.105. The number of thiocarbonyl (C=S) groups is 1. The molecule has 0 radical (unpaired) electrons. The predicted molar refractivity (Wildman–Crippen MR) is 64.7 cm³/mol. The molecule has 15 heavy (non-hydrogen) atoms. The summed E-state index contributed by atoms with van der Waals surface area (Å²) < 4.78 is 5.12. The number of ether oxygens (including phenoxy) is 1. The molecule has 0 spiro atoms. The summed E-state index contributed by atoms with van der Waals surface area (Å²) in [4.78, 5) is 11.8. The van der Waals surface area contributed by atoms with Gasteiger partial charge in [-0.2, -0.15) is 0 Å². The number of hydrogen-bond donors (Lipinski definition) is 2. The Bertz CT molecular complexity index is 210. The Hall–Kier alpha value is -0.680. The van der Waals surface area contributed by atoms with Gasteiger partial charge in [0.05, 0.1) is 4.99 Å². The highest BCUT2D eigenvalue weighted by molar-refractivity contribution is 7.80. The van der Waals surface area contributed by atoms with E-state index in [1.807, 2.05) is 13.8 Å². The molecule has 3 N–H and O–H groups in total. The van der Waals surface area contributed by atoms with Crippen molar-refractivity contribution in [3.05, 3.63) is 0 Å². The third-order valence-corrected chi connectivity index (χ3v) is 2.05. The molecule has 5 heteroatoms. The lowest BCUT2D eigenvalue weighted by molar-refractivity contribution is -0.126. The van der Waals surface area contributed by atoms with Gasteiger partial charge in [0, 0.05) is 19.1 Å². The van der Waals surface area contributed by atoms with E-state index in [2.05, 4.69) is 5.32 Å². The first-order valence-electron chi connectivity index (χ1n) is 5.25. The van der Waals surface area contributed by atoms with Gasteiger partial charge in [0.1, 0.15) is 6.61 Å². The highest BCUT2D eigenvalue weighted by Crippen LogP contribution is 1.97. The van der Waals surface area contributed by atoms with Crippen LogP contribution in [0.1, 0.15) is 33.1 Å². The number of rotatable bonds is 8. The molecule has 1 atom stereocenters. The van der Waals surface area contributed by atoms with Crippen LogP contribution in [0.25, 0.3) is 0 Å². The lowest BCUT2D eigenvalue weighted by Crippen LogP contribution is -2.39. The Kier molecular flexibility index (Phi) is 8.22. The standard InChI is InChI=1S/C10H20N2O2S/c1-3-5-14-7-10(13)12-8(4-2)6-9(11)15/h8H,3-7H2,1-2H3,(H2,11,15)(H,12,13). The van der Waals surface area contributed by atoms with Crippen molar-refractivity contribution in [2.45, 2.75) is 39.2 Å². The molecule has 0 aliphatic heterocycles. The lowest BCUT2D eigenvalue weighted by atomic mass is 10.1. The molecule has 4 nitrogen and oxygen atoms in total. The van der Waals surface area contributed by atoms with Crippen molar-refractivity contribution in [2.75, 3.05) is 13.2 Å². The van der Waals surface area contributed by atoms with E-state index >= 15 is 0 Å². The molecule has 0 aliphatic rings. The fourth-order valence-electron chi connectivity index (χ4n) is 1.12. The van der Waals surface area contributed by atoms with Crippen LogP contribution >= 0.6 is 12.2 Å². The average molecular weight is 232 g/mol. The first kappa shape index (κ1) is 14.3. The number of nitrogens with one attached hydrogen (secondary N) is 1. The summed E-state index contributed by atoms with van der Waals surface area (Å²) in [6, 6.07) is 0.0280. The molecule has 1 amide bonds. The molecule has 88 valence electrons. The first-order chi connectivity index (χ1) is 7.10. The Balaban J connectivity index is 3.75. The minimum Gasteiger partial charge on any atom is -0.393 e. The summed E-state index contributed by atoms with van der Waals surface area (Å²) in [6.45, 7) is 4.71. The van der Waals surface area contributed by atoms with Gasteiger partial charge in [-0.1, -0.05) is 26.1 Å². The largest absolute Gasteiger partial charge is 0.393 e. The maximum atomic E-state index is 11.3. The Morgan fingerprint density at radius 1 is 1.53 bits per heavy atom. The van der Waals surface area contributed by atoms with Crippen molar-refractivity contribution in [1.82, 2.24) is 5.32 Å². The molecule has 0 saturated carbocycles. The smallest absolute Gasteiger partial charge is 0.246 e. The number of nitrogens with two attached hydrogens (primary N) is 1. The SMILES string of the molecule is CCCOCC(=O)NC(CC)CC(N)=S. The second-order valence-corrected chi connectivity index (χ2v) is 3.92. The topological polar surface area (TPSA) is 64.3 Å². The average Bonchev–Trinajstić information content (AvgIpc) is 2.16. The molecule has 0 aromatic carbocycles. The van der Waals surface area contributed by atoms with Crippen molar-refractivity contribution in [2.24, 2.45) is 5.73 Å². The Morgan fingerprint density at radius 3 is 2.67 bits per heavy atom. The first-order valence-corrected chi connectivity index (χ1v) is 5.66. The fourth-order valence-corrected chi connectivity index (χ4v) is 1.32. The third kappa shape index (κ3) is 8.32. The molecular formula is C10H20N2O2S. The summed E-state index contributed by atoms with van der Waals surface area (Å²) in [5, 5.41) is 2.83. The van der Waals surface area contributed by atoms with Gasteiger partial charge in [0.2, 0.25) is 5.91 Å². The molecule has 0 heterocycles. The highest BCUT2D eigenvalue weighted by Gasteiger charge is 2.10. The number of carbonyl (C=O) groups is 1. The Morgan fingerprint density at radius 2 is 2.20 bits per heavy atom. The van der Waals surface area contributed by atoms with Crippen molar-refractivity contribution < 1.29 is 9.53 Å². The van der Waals surface area contributed by atoms with Crippen molar-refractivity contribution >= 4 is 23.1 Å². The van der Waals surface area contributed by atoms with Crippen LogP contribution in [0.3, 0.4) is 0 Å². The zero-order valence-electron chi connectivity index (χ0n) is 9.41. The van der Waals surface area contributed by atoms with E-state index in [-0.39, 0.29) is 18.6 Å². The van der Waals surface area contributed by atoms with Crippen LogP contribution in [0.4, 0.5) is 0 Å². The van der Waals surface area contributed by atoms with Crippen LogP contribution in [0.2, 0.25) is 0 Å². The Labute approximate surface area is 96.5 Å². The maximum absolute atomic E-state index is 11.3. The van der Waals surface area contributed by atoms with Gasteiger partial charge in [0.25, 0.3) is 0 Å². The maximum Gasteiger partial charge on any atom is 0.246 e. The number of hydrogen-bond acceptors (Lipinski definition) is 3. The predicted octanol–water partition coefficient (Wildman–Crippen LogP) is 0.984. The second-order valence-electron chi connectivity index (χ2n) is 3.40. The molecule has 0 aromatic rings. The summed E-state index contributed by atoms with van der Waals surface area (Å²) in [5.41, 5.74) is 5.42. The monoisotopic (exact) mass is 232 g/mol. The zero-order chi connectivity index (χ0) is 11.7. The summed E-state index contributed by atoms with van der Waals surface area (Å²) in [6.07, 6.45) is 2.28. The molecule has 0 bridgehead atoms. The number of carbonyl (C=O) groups excluding carboxylic acids is 1. The normalized spacial score (nSPS) is 12.1. The summed E-state index contributed by atoms with van der Waals surface area (Å²) in [7, 11) is 0. The molecular weight excluding hydrogens is 212 g/mol. The van der Waals surface area contributed by atoms with Crippen LogP contribution in [0.5, 0.6) is 0 Å². The molecule has 0 aromatic heterocycles. The molecule has 0 rings (SSSR count). The van der Waals surface area contributed by atoms with Crippen LogP contribution in [-0.4, -0.2) is 30.2 Å². The van der Waals surface area contributed by atoms with Gasteiger partial charge < -0.3 is 15.8 Å². The molecule has 0 aliphatic carbocycles. The minimum atomic E-state index is -0.105. The van der Waals surface area contributed by atoms with Gasteiger partial charge in [0.15, 0.2) is 0 Å². The van der Waals surface area contributed by atoms with Gasteiger partial charge >= 0.3 is 0 Å². The van der Waals surface area contributed by atoms with E-state index in [0.717, 1.165) is 12.8 Å². The van der Waals surface area contributed by atoms with Crippen LogP contribution in [-0.2, 0) is 9.53 Å². The van der Waals surface area contributed by atoms with E-state index in [9.17, 15) is 4.79 Å². The highest BCUT2D eigenvalue weighted by atomic mass is 32.1. The van der Waals surface area contributed by atoms with Crippen LogP contribution < -0.4 is 11.1 Å². The zero-order valence-corrected chi connectivity index (χ0v) is 10.2. The summed E-state index contributed by atoms with van der Waals surface area (Å²) >= 11 is 4.79. The quantitative estimate of drug-likeness (QED) is 0.484. The van der Waals surface area contributed by atoms with Crippen molar-refractivity contribution in [3.63, 3.8) is 0 Å². The van der Waals surface area contributed by atoms with E-state index < -0.39 is 0 Å². The lowest BCUT2D eigenvalue weighted by Gasteiger charge is -2.16. The van der Waals surface area contributed by atoms with Gasteiger partial charge in [-0.05, 0) is 12.8 Å². The van der Waals surface area contributed by atoms with Gasteiger partial charge in [-0.3, -0.25) is 4.79 Å². The number of amides is 1. The van der Waals surface area contributed by atoms with E-state index in [4.69, 9.17) is 22.7 Å². The van der Waals surface area contributed by atoms with Crippen molar-refractivity contribution in [3.8, 4) is 0 Å². The van der Waals surface area contributed by atoms with Gasteiger partial charge in [-0.15, -0.1) is 0 Å². The van der Waals surface area contributed by atoms with E-state index in [0.29, 0.717) is 18.0 Å². The second kappa shape index (κ2) is 8.61. The van der Waals surface area contributed by atoms with E-state index in [1.165, 1.54) is 0 Å². The van der Waals surface area contributed by atoms with Crippen LogP contribution in [0.15, 0.2) is 0 Å². The van der Waals surface area contributed by atoms with Crippen molar-refractivity contribution in [1.29, 1.82) is 0 Å². The van der Waals surface area contributed by atoms with E-state index in [1.54, 1.807) is 0 Å². The van der Waals surface area contributed by atoms with Crippen LogP contribution in [0, 0.1) is 0 Å². The minimum absolute atomic E-state index is 0.0280. The van der Waals surface area contributed by atoms with Gasteiger partial charge in [-0.25, -0.2) is 0 Å². The molecule has 1 unspecified atom stereocenters. The third-order valence-electron chi connectivity index (χ3n) is 1.89. The fraction of sp³-hybridized carbons (Fsp3) is 0.800. The molecule has 0 saturated heterocycles.